The molecule has 1 heterocycles. The van der Waals surface area contributed by atoms with Gasteiger partial charge in [-0.1, -0.05) is 11.6 Å². The Bertz CT molecular complexity index is 595. The zero-order chi connectivity index (χ0) is 13.8. The summed E-state index contributed by atoms with van der Waals surface area (Å²) < 4.78 is 18.2. The lowest BCUT2D eigenvalue weighted by Crippen LogP contribution is -2.11. The van der Waals surface area contributed by atoms with Crippen molar-refractivity contribution in [1.29, 1.82) is 0 Å². The first-order valence-corrected chi connectivity index (χ1v) is 5.61. The van der Waals surface area contributed by atoms with E-state index < -0.39 is 5.82 Å². The molecule has 0 aliphatic heterocycles. The first-order chi connectivity index (χ1) is 9.13. The molecule has 0 unspecified atom stereocenters. The Morgan fingerprint density at radius 3 is 2.89 bits per heavy atom. The van der Waals surface area contributed by atoms with Gasteiger partial charge in [-0.25, -0.2) is 15.2 Å². The maximum Gasteiger partial charge on any atom is 0.239 e. The average molecular weight is 284 g/mol. The molecule has 1 aromatic heterocycles. The van der Waals surface area contributed by atoms with Crippen molar-refractivity contribution in [3.8, 4) is 5.75 Å². The van der Waals surface area contributed by atoms with Crippen LogP contribution in [0.3, 0.4) is 0 Å². The van der Waals surface area contributed by atoms with Crippen molar-refractivity contribution >= 4 is 29.1 Å². The van der Waals surface area contributed by atoms with Crippen molar-refractivity contribution in [3.05, 3.63) is 35.2 Å². The number of anilines is 3. The summed E-state index contributed by atoms with van der Waals surface area (Å²) in [5.74, 6) is 5.43. The maximum atomic E-state index is 13.3. The summed E-state index contributed by atoms with van der Waals surface area (Å²) in [7, 11) is 1.39. The van der Waals surface area contributed by atoms with Crippen LogP contribution in [0, 0.1) is 5.82 Å². The molecule has 0 aliphatic carbocycles. The van der Waals surface area contributed by atoms with Gasteiger partial charge in [0, 0.05) is 11.8 Å². The molecule has 0 radical (unpaired) electrons. The third kappa shape index (κ3) is 3.01. The number of nitrogens with two attached hydrogens (primary N) is 1. The Labute approximate surface area is 113 Å². The quantitative estimate of drug-likeness (QED) is 0.590. The Balaban J connectivity index is 2.30. The van der Waals surface area contributed by atoms with Crippen molar-refractivity contribution in [3.63, 3.8) is 0 Å². The fraction of sp³-hybridized carbons (Fsp3) is 0.0909. The van der Waals surface area contributed by atoms with Gasteiger partial charge in [-0.3, -0.25) is 5.43 Å². The second-order valence-corrected chi connectivity index (χ2v) is 3.92. The SMILES string of the molecule is COc1cc(Nc2nc(NN)ncc2Cl)ccc1F. The van der Waals surface area contributed by atoms with E-state index in [9.17, 15) is 4.39 Å². The highest BCUT2D eigenvalue weighted by molar-refractivity contribution is 6.32. The first kappa shape index (κ1) is 13.3. The van der Waals surface area contributed by atoms with E-state index in [-0.39, 0.29) is 11.7 Å². The number of aromatic nitrogens is 2. The molecule has 0 spiro atoms. The standard InChI is InChI=1S/C11H11ClFN5O/c1-19-9-4-6(2-3-8(9)13)16-10-7(12)5-15-11(17-10)18-14/h2-5H,14H2,1H3,(H2,15,16,17,18). The highest BCUT2D eigenvalue weighted by Gasteiger charge is 2.08. The number of hydrazine groups is 1. The van der Waals surface area contributed by atoms with Crippen LogP contribution in [0.1, 0.15) is 0 Å². The van der Waals surface area contributed by atoms with E-state index in [1.54, 1.807) is 0 Å². The van der Waals surface area contributed by atoms with Gasteiger partial charge in [0.25, 0.3) is 0 Å². The van der Waals surface area contributed by atoms with Crippen LogP contribution < -0.4 is 21.3 Å². The van der Waals surface area contributed by atoms with Gasteiger partial charge in [0.1, 0.15) is 5.02 Å². The second kappa shape index (κ2) is 5.68. The van der Waals surface area contributed by atoms with Crippen LogP contribution in [0.25, 0.3) is 0 Å². The molecule has 0 atom stereocenters. The van der Waals surface area contributed by atoms with E-state index in [0.717, 1.165) is 0 Å². The number of hydrogen-bond acceptors (Lipinski definition) is 6. The molecule has 6 nitrogen and oxygen atoms in total. The van der Waals surface area contributed by atoms with Crippen molar-refractivity contribution in [2.45, 2.75) is 0 Å². The lowest BCUT2D eigenvalue weighted by molar-refractivity contribution is 0.387. The number of rotatable bonds is 4. The summed E-state index contributed by atoms with van der Waals surface area (Å²) >= 11 is 5.95. The summed E-state index contributed by atoms with van der Waals surface area (Å²) in [6.45, 7) is 0. The zero-order valence-corrected chi connectivity index (χ0v) is 10.7. The third-order valence-electron chi connectivity index (χ3n) is 2.29. The van der Waals surface area contributed by atoms with Crippen LogP contribution in [-0.4, -0.2) is 17.1 Å². The van der Waals surface area contributed by atoms with Crippen molar-refractivity contribution < 1.29 is 9.13 Å². The van der Waals surface area contributed by atoms with Crippen LogP contribution in [0.4, 0.5) is 21.8 Å². The highest BCUT2D eigenvalue weighted by atomic mass is 35.5. The molecule has 0 aliphatic rings. The number of nitrogens with zero attached hydrogens (tertiary/aromatic N) is 2. The lowest BCUT2D eigenvalue weighted by Gasteiger charge is -2.10. The molecule has 0 bridgehead atoms. The first-order valence-electron chi connectivity index (χ1n) is 5.23. The molecule has 4 N–H and O–H groups in total. The minimum atomic E-state index is -0.453. The summed E-state index contributed by atoms with van der Waals surface area (Å²) in [5.41, 5.74) is 2.88. The van der Waals surface area contributed by atoms with E-state index in [1.165, 1.54) is 31.5 Å². The molecule has 0 saturated heterocycles. The molecule has 1 aromatic carbocycles. The molecular weight excluding hydrogens is 273 g/mol. The van der Waals surface area contributed by atoms with Gasteiger partial charge in [-0.05, 0) is 12.1 Å². The number of ether oxygens (including phenoxy) is 1. The Morgan fingerprint density at radius 2 is 2.21 bits per heavy atom. The smallest absolute Gasteiger partial charge is 0.239 e. The number of hydrogen-bond donors (Lipinski definition) is 3. The zero-order valence-electron chi connectivity index (χ0n) is 9.95. The van der Waals surface area contributed by atoms with Gasteiger partial charge in [0.15, 0.2) is 17.4 Å². The largest absolute Gasteiger partial charge is 0.494 e. The van der Waals surface area contributed by atoms with E-state index in [1.807, 2.05) is 0 Å². The fourth-order valence-electron chi connectivity index (χ4n) is 1.40. The van der Waals surface area contributed by atoms with Gasteiger partial charge in [0.05, 0.1) is 13.3 Å². The molecule has 8 heteroatoms. The molecular formula is C11H11ClFN5O. The Morgan fingerprint density at radius 1 is 1.42 bits per heavy atom. The van der Waals surface area contributed by atoms with Crippen LogP contribution >= 0.6 is 11.6 Å². The van der Waals surface area contributed by atoms with Gasteiger partial charge in [-0.15, -0.1) is 0 Å². The molecule has 2 aromatic rings. The number of nitrogen functional groups attached to an aromatic ring is 1. The van der Waals surface area contributed by atoms with E-state index in [0.29, 0.717) is 16.5 Å². The molecule has 100 valence electrons. The Kier molecular flexibility index (Phi) is 3.98. The predicted molar refractivity (Wildman–Crippen MR) is 71.1 cm³/mol. The van der Waals surface area contributed by atoms with Crippen LogP contribution in [0.15, 0.2) is 24.4 Å². The van der Waals surface area contributed by atoms with Crippen molar-refractivity contribution in [2.75, 3.05) is 17.9 Å². The van der Waals surface area contributed by atoms with Gasteiger partial charge < -0.3 is 10.1 Å². The van der Waals surface area contributed by atoms with Crippen LogP contribution in [0.5, 0.6) is 5.75 Å². The van der Waals surface area contributed by atoms with Crippen molar-refractivity contribution in [1.82, 2.24) is 9.97 Å². The van der Waals surface area contributed by atoms with Gasteiger partial charge in [0.2, 0.25) is 5.95 Å². The summed E-state index contributed by atoms with van der Waals surface area (Å²) in [4.78, 5) is 7.88. The van der Waals surface area contributed by atoms with E-state index in [4.69, 9.17) is 22.2 Å². The van der Waals surface area contributed by atoms with Crippen LogP contribution in [0.2, 0.25) is 5.02 Å². The summed E-state index contributed by atoms with van der Waals surface area (Å²) in [5, 5.41) is 3.23. The number of nitrogens with one attached hydrogen (secondary N) is 2. The Hall–Kier alpha value is -2.12. The topological polar surface area (TPSA) is 85.1 Å². The van der Waals surface area contributed by atoms with E-state index in [2.05, 4.69) is 20.7 Å². The molecule has 19 heavy (non-hydrogen) atoms. The minimum Gasteiger partial charge on any atom is -0.494 e. The molecule has 0 saturated carbocycles. The average Bonchev–Trinajstić information content (AvgIpc) is 2.43. The fourth-order valence-corrected chi connectivity index (χ4v) is 1.54. The highest BCUT2D eigenvalue weighted by Crippen LogP contribution is 2.27. The molecule has 2 rings (SSSR count). The minimum absolute atomic E-state index is 0.118. The number of methoxy groups -OCH3 is 1. The number of benzene rings is 1. The second-order valence-electron chi connectivity index (χ2n) is 3.51. The van der Waals surface area contributed by atoms with E-state index >= 15 is 0 Å². The lowest BCUT2D eigenvalue weighted by atomic mass is 10.3. The molecule has 0 amide bonds. The van der Waals surface area contributed by atoms with Crippen molar-refractivity contribution in [2.24, 2.45) is 5.84 Å². The normalized spacial score (nSPS) is 10.1. The maximum absolute atomic E-state index is 13.3. The summed E-state index contributed by atoms with van der Waals surface area (Å²) in [6, 6.07) is 4.30. The predicted octanol–water partition coefficient (Wildman–Crippen LogP) is 2.31. The number of halogens is 2. The monoisotopic (exact) mass is 283 g/mol. The third-order valence-corrected chi connectivity index (χ3v) is 2.56. The van der Waals surface area contributed by atoms with Gasteiger partial charge in [-0.2, -0.15) is 4.98 Å². The molecule has 0 fully saturated rings. The van der Waals surface area contributed by atoms with Gasteiger partial charge >= 0.3 is 0 Å². The summed E-state index contributed by atoms with van der Waals surface area (Å²) in [6.07, 6.45) is 1.40. The van der Waals surface area contributed by atoms with Crippen LogP contribution in [-0.2, 0) is 0 Å².